The average molecular weight is 411 g/mol. The summed E-state index contributed by atoms with van der Waals surface area (Å²) in [6.45, 7) is 7.95. The Morgan fingerprint density at radius 2 is 1.70 bits per heavy atom. The number of ether oxygens (including phenoxy) is 1. The first kappa shape index (κ1) is 20.4. The molecule has 0 N–H and O–H groups in total. The summed E-state index contributed by atoms with van der Waals surface area (Å²) in [5.74, 6) is 1.79. The van der Waals surface area contributed by atoms with E-state index in [0.29, 0.717) is 13.1 Å². The molecule has 0 radical (unpaired) electrons. The number of piperazine rings is 1. The van der Waals surface area contributed by atoms with Gasteiger partial charge in [0.05, 0.1) is 13.2 Å². The van der Waals surface area contributed by atoms with Crippen LogP contribution in [0, 0.1) is 6.92 Å². The lowest BCUT2D eigenvalue weighted by Gasteiger charge is -2.35. The highest BCUT2D eigenvalue weighted by atomic mass is 16.5. The van der Waals surface area contributed by atoms with E-state index in [4.69, 9.17) is 9.72 Å². The Bertz CT molecular complexity index is 889. The normalized spacial score (nSPS) is 17.2. The van der Waals surface area contributed by atoms with Crippen LogP contribution in [0.15, 0.2) is 30.3 Å². The van der Waals surface area contributed by atoms with Gasteiger partial charge in [-0.25, -0.2) is 4.98 Å². The standard InChI is InChI=1S/C22H30N6O2/c1-17-15-20(26-11-13-30-14-12-26)24-22(23-17)28-9-7-27(8-10-28)21(29)18-5-4-6-19(16-18)25(2)3/h4-6,15-16H,7-14H2,1-3H3. The maximum atomic E-state index is 13.0. The molecule has 0 atom stereocenters. The molecule has 8 nitrogen and oxygen atoms in total. The van der Waals surface area contributed by atoms with Crippen LogP contribution in [0.5, 0.6) is 0 Å². The van der Waals surface area contributed by atoms with Crippen LogP contribution in [0.1, 0.15) is 16.1 Å². The number of nitrogens with zero attached hydrogens (tertiary/aromatic N) is 6. The number of aromatic nitrogens is 2. The summed E-state index contributed by atoms with van der Waals surface area (Å²) in [6, 6.07) is 9.82. The Balaban J connectivity index is 1.42. The Hall–Kier alpha value is -2.87. The van der Waals surface area contributed by atoms with E-state index in [1.54, 1.807) is 0 Å². The first-order chi connectivity index (χ1) is 14.5. The van der Waals surface area contributed by atoms with Crippen molar-refractivity contribution >= 4 is 23.4 Å². The SMILES string of the molecule is Cc1cc(N2CCOCC2)nc(N2CCN(C(=O)c3cccc(N(C)C)c3)CC2)n1. The van der Waals surface area contributed by atoms with Crippen molar-refractivity contribution in [3.05, 3.63) is 41.6 Å². The van der Waals surface area contributed by atoms with Gasteiger partial charge in [0, 0.05) is 76.4 Å². The fourth-order valence-electron chi connectivity index (χ4n) is 3.84. The highest BCUT2D eigenvalue weighted by Gasteiger charge is 2.25. The average Bonchev–Trinajstić information content (AvgIpc) is 2.79. The monoisotopic (exact) mass is 410 g/mol. The van der Waals surface area contributed by atoms with E-state index in [9.17, 15) is 4.79 Å². The maximum absolute atomic E-state index is 13.0. The van der Waals surface area contributed by atoms with E-state index in [2.05, 4.69) is 14.8 Å². The van der Waals surface area contributed by atoms with Gasteiger partial charge in [-0.15, -0.1) is 0 Å². The van der Waals surface area contributed by atoms with Crippen molar-refractivity contribution in [2.45, 2.75) is 6.92 Å². The molecule has 1 aromatic heterocycles. The second kappa shape index (κ2) is 8.87. The summed E-state index contributed by atoms with van der Waals surface area (Å²) in [6.07, 6.45) is 0. The molecule has 0 bridgehead atoms. The molecule has 0 aliphatic carbocycles. The van der Waals surface area contributed by atoms with Gasteiger partial charge < -0.3 is 24.3 Å². The van der Waals surface area contributed by atoms with E-state index in [1.165, 1.54) is 0 Å². The fourth-order valence-corrected chi connectivity index (χ4v) is 3.84. The fraction of sp³-hybridized carbons (Fsp3) is 0.500. The van der Waals surface area contributed by atoms with Gasteiger partial charge in [0.25, 0.3) is 5.91 Å². The minimum atomic E-state index is 0.0810. The summed E-state index contributed by atoms with van der Waals surface area (Å²) >= 11 is 0. The van der Waals surface area contributed by atoms with Gasteiger partial charge in [-0.2, -0.15) is 4.98 Å². The molecule has 2 aromatic rings. The molecule has 0 spiro atoms. The molecule has 160 valence electrons. The van der Waals surface area contributed by atoms with Crippen molar-refractivity contribution in [3.8, 4) is 0 Å². The number of hydrogen-bond donors (Lipinski definition) is 0. The molecule has 8 heteroatoms. The third kappa shape index (κ3) is 4.48. The van der Waals surface area contributed by atoms with Crippen LogP contribution >= 0.6 is 0 Å². The first-order valence-electron chi connectivity index (χ1n) is 10.5. The molecule has 1 aromatic carbocycles. The minimum absolute atomic E-state index is 0.0810. The molecule has 2 saturated heterocycles. The van der Waals surface area contributed by atoms with E-state index >= 15 is 0 Å². The molecule has 0 unspecified atom stereocenters. The predicted molar refractivity (Wildman–Crippen MR) is 119 cm³/mol. The van der Waals surface area contributed by atoms with E-state index < -0.39 is 0 Å². The van der Waals surface area contributed by atoms with Gasteiger partial charge in [0.15, 0.2) is 0 Å². The van der Waals surface area contributed by atoms with Gasteiger partial charge >= 0.3 is 0 Å². The number of rotatable bonds is 4. The number of anilines is 3. The number of hydrogen-bond acceptors (Lipinski definition) is 7. The molecule has 2 aliphatic heterocycles. The Labute approximate surface area is 178 Å². The number of aryl methyl sites for hydroxylation is 1. The smallest absolute Gasteiger partial charge is 0.254 e. The van der Waals surface area contributed by atoms with Crippen molar-refractivity contribution < 1.29 is 9.53 Å². The minimum Gasteiger partial charge on any atom is -0.378 e. The largest absolute Gasteiger partial charge is 0.378 e. The zero-order valence-corrected chi connectivity index (χ0v) is 18.0. The van der Waals surface area contributed by atoms with Crippen LogP contribution in [-0.4, -0.2) is 87.4 Å². The topological polar surface area (TPSA) is 65.0 Å². The zero-order chi connectivity index (χ0) is 21.1. The second-order valence-corrected chi connectivity index (χ2v) is 7.99. The molecule has 1 amide bonds. The molecular formula is C22H30N6O2. The first-order valence-corrected chi connectivity index (χ1v) is 10.5. The van der Waals surface area contributed by atoms with Gasteiger partial charge in [0.1, 0.15) is 5.82 Å². The van der Waals surface area contributed by atoms with Crippen LogP contribution in [-0.2, 0) is 4.74 Å². The molecule has 2 aliphatic rings. The Kier molecular flexibility index (Phi) is 6.03. The number of benzene rings is 1. The number of morpholine rings is 1. The van der Waals surface area contributed by atoms with Crippen molar-refractivity contribution in [3.63, 3.8) is 0 Å². The lowest BCUT2D eigenvalue weighted by atomic mass is 10.1. The summed E-state index contributed by atoms with van der Waals surface area (Å²) in [5.41, 5.74) is 2.72. The van der Waals surface area contributed by atoms with Gasteiger partial charge in [-0.05, 0) is 25.1 Å². The van der Waals surface area contributed by atoms with Gasteiger partial charge in [0.2, 0.25) is 5.95 Å². The predicted octanol–water partition coefficient (Wildman–Crippen LogP) is 1.65. The highest BCUT2D eigenvalue weighted by molar-refractivity contribution is 5.95. The van der Waals surface area contributed by atoms with E-state index in [0.717, 1.165) is 68.1 Å². The summed E-state index contributed by atoms with van der Waals surface area (Å²) in [5, 5.41) is 0. The van der Waals surface area contributed by atoms with Crippen LogP contribution < -0.4 is 14.7 Å². The molecular weight excluding hydrogens is 380 g/mol. The zero-order valence-electron chi connectivity index (χ0n) is 18.0. The Morgan fingerprint density at radius 1 is 0.967 bits per heavy atom. The molecule has 30 heavy (non-hydrogen) atoms. The van der Waals surface area contributed by atoms with Crippen LogP contribution in [0.2, 0.25) is 0 Å². The second-order valence-electron chi connectivity index (χ2n) is 7.99. The van der Waals surface area contributed by atoms with Crippen LogP contribution in [0.4, 0.5) is 17.5 Å². The van der Waals surface area contributed by atoms with Crippen molar-refractivity contribution in [2.75, 3.05) is 81.3 Å². The Morgan fingerprint density at radius 3 is 2.40 bits per heavy atom. The summed E-state index contributed by atoms with van der Waals surface area (Å²) < 4.78 is 5.45. The lowest BCUT2D eigenvalue weighted by Crippen LogP contribution is -2.49. The molecule has 4 rings (SSSR count). The van der Waals surface area contributed by atoms with E-state index in [1.807, 2.05) is 61.2 Å². The number of carbonyl (C=O) groups excluding carboxylic acids is 1. The van der Waals surface area contributed by atoms with Crippen molar-refractivity contribution in [2.24, 2.45) is 0 Å². The number of amides is 1. The van der Waals surface area contributed by atoms with Crippen molar-refractivity contribution in [1.29, 1.82) is 0 Å². The third-order valence-electron chi connectivity index (χ3n) is 5.62. The van der Waals surface area contributed by atoms with Gasteiger partial charge in [-0.1, -0.05) is 6.07 Å². The van der Waals surface area contributed by atoms with Crippen LogP contribution in [0.25, 0.3) is 0 Å². The van der Waals surface area contributed by atoms with Gasteiger partial charge in [-0.3, -0.25) is 4.79 Å². The lowest BCUT2D eigenvalue weighted by molar-refractivity contribution is 0.0746. The number of carbonyl (C=O) groups is 1. The third-order valence-corrected chi connectivity index (χ3v) is 5.62. The summed E-state index contributed by atoms with van der Waals surface area (Å²) in [7, 11) is 3.96. The quantitative estimate of drug-likeness (QED) is 0.759. The molecule has 2 fully saturated rings. The highest BCUT2D eigenvalue weighted by Crippen LogP contribution is 2.21. The summed E-state index contributed by atoms with van der Waals surface area (Å²) in [4.78, 5) is 30.8. The molecule has 3 heterocycles. The van der Waals surface area contributed by atoms with Crippen molar-refractivity contribution in [1.82, 2.24) is 14.9 Å². The maximum Gasteiger partial charge on any atom is 0.254 e. The van der Waals surface area contributed by atoms with Crippen LogP contribution in [0.3, 0.4) is 0 Å². The molecule has 0 saturated carbocycles. The van der Waals surface area contributed by atoms with E-state index in [-0.39, 0.29) is 5.91 Å².